The Bertz CT molecular complexity index is 1080. The van der Waals surface area contributed by atoms with E-state index in [0.29, 0.717) is 25.0 Å². The number of rotatable bonds is 8. The van der Waals surface area contributed by atoms with E-state index in [1.54, 1.807) is 13.3 Å². The van der Waals surface area contributed by atoms with E-state index in [1.165, 1.54) is 0 Å². The SMILES string of the molecule is CCOc1cc(-c2ccc(OCc3ccccc3)cc2)n(-c2ccc(OC)nc2)n1. The number of hydrogen-bond donors (Lipinski definition) is 0. The first-order valence-corrected chi connectivity index (χ1v) is 9.77. The van der Waals surface area contributed by atoms with Crippen molar-refractivity contribution in [3.05, 3.63) is 84.6 Å². The minimum atomic E-state index is 0.532. The van der Waals surface area contributed by atoms with Crippen LogP contribution in [0.1, 0.15) is 12.5 Å². The van der Waals surface area contributed by atoms with Crippen molar-refractivity contribution in [2.24, 2.45) is 0 Å². The molecule has 0 fully saturated rings. The maximum atomic E-state index is 5.90. The number of pyridine rings is 1. The first-order valence-electron chi connectivity index (χ1n) is 9.77. The van der Waals surface area contributed by atoms with Crippen molar-refractivity contribution in [1.82, 2.24) is 14.8 Å². The van der Waals surface area contributed by atoms with Crippen LogP contribution < -0.4 is 14.2 Å². The largest absolute Gasteiger partial charge is 0.489 e. The summed E-state index contributed by atoms with van der Waals surface area (Å²) in [6, 6.07) is 23.7. The molecule has 0 radical (unpaired) electrons. The molecule has 0 aliphatic rings. The molecule has 0 aliphatic heterocycles. The molecule has 0 atom stereocenters. The van der Waals surface area contributed by atoms with E-state index in [9.17, 15) is 0 Å². The van der Waals surface area contributed by atoms with Gasteiger partial charge in [-0.05, 0) is 42.8 Å². The number of aromatic nitrogens is 3. The normalized spacial score (nSPS) is 10.6. The Kier molecular flexibility index (Phi) is 5.94. The van der Waals surface area contributed by atoms with Gasteiger partial charge in [-0.25, -0.2) is 9.67 Å². The Morgan fingerprint density at radius 3 is 2.33 bits per heavy atom. The minimum Gasteiger partial charge on any atom is -0.489 e. The molecule has 30 heavy (non-hydrogen) atoms. The summed E-state index contributed by atoms with van der Waals surface area (Å²) in [5, 5.41) is 4.58. The minimum absolute atomic E-state index is 0.532. The van der Waals surface area contributed by atoms with Gasteiger partial charge in [-0.3, -0.25) is 0 Å². The van der Waals surface area contributed by atoms with Crippen LogP contribution in [0.5, 0.6) is 17.5 Å². The smallest absolute Gasteiger partial charge is 0.233 e. The fourth-order valence-corrected chi connectivity index (χ4v) is 3.06. The van der Waals surface area contributed by atoms with E-state index in [-0.39, 0.29) is 0 Å². The van der Waals surface area contributed by atoms with E-state index >= 15 is 0 Å². The molecule has 0 saturated carbocycles. The monoisotopic (exact) mass is 401 g/mol. The van der Waals surface area contributed by atoms with Crippen molar-refractivity contribution >= 4 is 0 Å². The van der Waals surface area contributed by atoms with Gasteiger partial charge < -0.3 is 14.2 Å². The summed E-state index contributed by atoms with van der Waals surface area (Å²) in [6.07, 6.45) is 1.72. The molecule has 6 nitrogen and oxygen atoms in total. The second kappa shape index (κ2) is 9.13. The molecule has 0 N–H and O–H groups in total. The van der Waals surface area contributed by atoms with Crippen LogP contribution in [0, 0.1) is 0 Å². The highest BCUT2D eigenvalue weighted by Gasteiger charge is 2.13. The van der Waals surface area contributed by atoms with Crippen LogP contribution in [0.15, 0.2) is 79.0 Å². The van der Waals surface area contributed by atoms with Crippen LogP contribution in [-0.2, 0) is 6.61 Å². The number of methoxy groups -OCH3 is 1. The van der Waals surface area contributed by atoms with E-state index < -0.39 is 0 Å². The molecule has 4 rings (SSSR count). The Hall–Kier alpha value is -3.80. The average molecular weight is 401 g/mol. The van der Waals surface area contributed by atoms with E-state index in [4.69, 9.17) is 14.2 Å². The van der Waals surface area contributed by atoms with Crippen LogP contribution in [0.25, 0.3) is 16.9 Å². The van der Waals surface area contributed by atoms with E-state index in [1.807, 2.05) is 84.4 Å². The van der Waals surface area contributed by atoms with Gasteiger partial charge in [0, 0.05) is 17.7 Å². The van der Waals surface area contributed by atoms with Gasteiger partial charge in [-0.2, -0.15) is 0 Å². The Labute approximate surface area is 175 Å². The molecule has 0 amide bonds. The molecule has 152 valence electrons. The number of nitrogens with zero attached hydrogens (tertiary/aromatic N) is 3. The summed E-state index contributed by atoms with van der Waals surface area (Å²) in [5.74, 6) is 1.93. The van der Waals surface area contributed by atoms with Gasteiger partial charge in [0.25, 0.3) is 0 Å². The first-order chi connectivity index (χ1) is 14.8. The van der Waals surface area contributed by atoms with E-state index in [0.717, 1.165) is 28.3 Å². The molecule has 2 aromatic carbocycles. The third-order valence-electron chi connectivity index (χ3n) is 4.55. The predicted molar refractivity (Wildman–Crippen MR) is 115 cm³/mol. The highest BCUT2D eigenvalue weighted by Crippen LogP contribution is 2.29. The summed E-state index contributed by atoms with van der Waals surface area (Å²) in [7, 11) is 1.59. The molecular formula is C24H23N3O3. The van der Waals surface area contributed by atoms with Crippen molar-refractivity contribution in [1.29, 1.82) is 0 Å². The number of hydrogen-bond acceptors (Lipinski definition) is 5. The van der Waals surface area contributed by atoms with Gasteiger partial charge in [-0.15, -0.1) is 5.10 Å². The molecule has 6 heteroatoms. The lowest BCUT2D eigenvalue weighted by Crippen LogP contribution is -2.01. The fourth-order valence-electron chi connectivity index (χ4n) is 3.06. The molecular weight excluding hydrogens is 378 g/mol. The van der Waals surface area contributed by atoms with Gasteiger partial charge in [0.2, 0.25) is 11.8 Å². The van der Waals surface area contributed by atoms with Crippen molar-refractivity contribution < 1.29 is 14.2 Å². The van der Waals surface area contributed by atoms with Crippen LogP contribution >= 0.6 is 0 Å². The zero-order valence-corrected chi connectivity index (χ0v) is 17.0. The highest BCUT2D eigenvalue weighted by atomic mass is 16.5. The van der Waals surface area contributed by atoms with Crippen LogP contribution in [-0.4, -0.2) is 28.5 Å². The molecule has 0 saturated heterocycles. The lowest BCUT2D eigenvalue weighted by atomic mass is 10.1. The zero-order chi connectivity index (χ0) is 20.8. The van der Waals surface area contributed by atoms with Crippen LogP contribution in [0.4, 0.5) is 0 Å². The van der Waals surface area contributed by atoms with Crippen LogP contribution in [0.3, 0.4) is 0 Å². The standard InChI is InChI=1S/C24H23N3O3/c1-3-29-24-15-22(27(26-24)20-11-14-23(28-2)25-16-20)19-9-12-21(13-10-19)30-17-18-7-5-4-6-8-18/h4-16H,3,17H2,1-2H3. The molecule has 0 unspecified atom stereocenters. The van der Waals surface area contributed by atoms with Crippen molar-refractivity contribution in [3.63, 3.8) is 0 Å². The fraction of sp³-hybridized carbons (Fsp3) is 0.167. The second-order valence-corrected chi connectivity index (χ2v) is 6.57. The third-order valence-corrected chi connectivity index (χ3v) is 4.55. The van der Waals surface area contributed by atoms with Crippen molar-refractivity contribution in [2.75, 3.05) is 13.7 Å². The molecule has 2 heterocycles. The molecule has 4 aromatic rings. The number of ether oxygens (including phenoxy) is 3. The summed E-state index contributed by atoms with van der Waals surface area (Å²) in [6.45, 7) is 3.01. The average Bonchev–Trinajstić information content (AvgIpc) is 3.23. The maximum absolute atomic E-state index is 5.90. The quantitative estimate of drug-likeness (QED) is 0.419. The predicted octanol–water partition coefficient (Wildman–Crippen LogP) is 4.92. The van der Waals surface area contributed by atoms with Crippen molar-refractivity contribution in [2.45, 2.75) is 13.5 Å². The molecule has 0 spiro atoms. The lowest BCUT2D eigenvalue weighted by molar-refractivity contribution is 0.306. The van der Waals surface area contributed by atoms with Gasteiger partial charge >= 0.3 is 0 Å². The topological polar surface area (TPSA) is 58.4 Å². The summed E-state index contributed by atoms with van der Waals surface area (Å²) >= 11 is 0. The molecule has 0 bridgehead atoms. The molecule has 2 aromatic heterocycles. The number of benzene rings is 2. The highest BCUT2D eigenvalue weighted by molar-refractivity contribution is 5.64. The summed E-state index contributed by atoms with van der Waals surface area (Å²) < 4.78 is 18.5. The Morgan fingerprint density at radius 2 is 1.67 bits per heavy atom. The Balaban J connectivity index is 1.59. The zero-order valence-electron chi connectivity index (χ0n) is 17.0. The summed E-state index contributed by atoms with van der Waals surface area (Å²) in [5.41, 5.74) is 3.85. The third kappa shape index (κ3) is 4.43. The van der Waals surface area contributed by atoms with Gasteiger partial charge in [0.1, 0.15) is 12.4 Å². The Morgan fingerprint density at radius 1 is 0.867 bits per heavy atom. The van der Waals surface area contributed by atoms with Gasteiger partial charge in [0.05, 0.1) is 31.3 Å². The maximum Gasteiger partial charge on any atom is 0.233 e. The van der Waals surface area contributed by atoms with Crippen LogP contribution in [0.2, 0.25) is 0 Å². The second-order valence-electron chi connectivity index (χ2n) is 6.57. The van der Waals surface area contributed by atoms with E-state index in [2.05, 4.69) is 10.1 Å². The summed E-state index contributed by atoms with van der Waals surface area (Å²) in [4.78, 5) is 4.29. The van der Waals surface area contributed by atoms with Gasteiger partial charge in [-0.1, -0.05) is 30.3 Å². The lowest BCUT2D eigenvalue weighted by Gasteiger charge is -2.09. The van der Waals surface area contributed by atoms with Gasteiger partial charge in [0.15, 0.2) is 0 Å². The van der Waals surface area contributed by atoms with Crippen molar-refractivity contribution in [3.8, 4) is 34.5 Å². The first kappa shape index (κ1) is 19.5. The molecule has 0 aliphatic carbocycles.